The first-order chi connectivity index (χ1) is 20.6. The largest absolute Gasteiger partial charge is 1.00 e. The fraction of sp³-hybridized carbons (Fsp3) is 0.882. The molecule has 0 aromatic carbocycles. The molecule has 0 spiro atoms. The molecule has 1 atom stereocenters. The van der Waals surface area contributed by atoms with Gasteiger partial charge >= 0.3 is 36.8 Å². The molecule has 9 nitrogen and oxygen atoms in total. The molecule has 44 heavy (non-hydrogen) atoms. The van der Waals surface area contributed by atoms with Crippen LogP contribution in [0, 0.1) is 0 Å². The molecule has 0 fully saturated rings. The Hall–Kier alpha value is -1.56. The van der Waals surface area contributed by atoms with Crippen LogP contribution in [0.5, 0.6) is 0 Å². The molecule has 0 rings (SSSR count). The molecule has 0 saturated carbocycles. The van der Waals surface area contributed by atoms with Crippen molar-refractivity contribution in [2.45, 2.75) is 193 Å². The van der Waals surface area contributed by atoms with Crippen LogP contribution in [0.3, 0.4) is 0 Å². The van der Waals surface area contributed by atoms with Gasteiger partial charge in [0.25, 0.3) is 0 Å². The van der Waals surface area contributed by atoms with E-state index in [-0.39, 0.29) is 44.2 Å². The van der Waals surface area contributed by atoms with Crippen molar-refractivity contribution in [1.29, 1.82) is 0 Å². The Bertz CT molecular complexity index is 624. The summed E-state index contributed by atoms with van der Waals surface area (Å²) in [6.07, 6.45) is 25.1. The molecule has 0 aliphatic carbocycles. The van der Waals surface area contributed by atoms with Crippen LogP contribution in [0.1, 0.15) is 187 Å². The van der Waals surface area contributed by atoms with Gasteiger partial charge in [0.15, 0.2) is 0 Å². The van der Waals surface area contributed by atoms with Gasteiger partial charge in [-0.05, 0) is 44.9 Å². The minimum atomic E-state index is -0.932. The molecule has 1 unspecified atom stereocenters. The molecule has 0 aromatic heterocycles. The number of aliphatic carboxylic acids is 4. The first-order valence-electron chi connectivity index (χ1n) is 17.1. The molecule has 0 aliphatic heterocycles. The third-order valence-corrected chi connectivity index (χ3v) is 7.08. The minimum absolute atomic E-state index is 0. The van der Waals surface area contributed by atoms with E-state index in [4.69, 9.17) is 15.3 Å². The molecule has 0 aliphatic rings. The summed E-state index contributed by atoms with van der Waals surface area (Å²) in [6.45, 7) is 4.25. The Kier molecular flexibility index (Phi) is 46.4. The van der Waals surface area contributed by atoms with Gasteiger partial charge in [-0.3, -0.25) is 14.4 Å². The number of carboxylic acids is 4. The Labute approximate surface area is 280 Å². The monoisotopic (exact) mass is 624 g/mol. The molecule has 256 valence electrons. The molecule has 0 heterocycles. The van der Waals surface area contributed by atoms with Crippen molar-refractivity contribution >= 4 is 23.9 Å². The van der Waals surface area contributed by atoms with Crippen molar-refractivity contribution in [2.75, 3.05) is 0 Å². The molecule has 10 heteroatoms. The molecule has 0 aromatic rings. The van der Waals surface area contributed by atoms with Gasteiger partial charge in [-0.15, -0.1) is 0 Å². The van der Waals surface area contributed by atoms with E-state index in [9.17, 15) is 29.4 Å². The number of carbonyl (C=O) groups is 4. The summed E-state index contributed by atoms with van der Waals surface area (Å²) >= 11 is 0. The van der Waals surface area contributed by atoms with E-state index >= 15 is 0 Å². The summed E-state index contributed by atoms with van der Waals surface area (Å²) in [5.74, 6) is -3.09. The summed E-state index contributed by atoms with van der Waals surface area (Å²) in [5.41, 5.74) is 0. The van der Waals surface area contributed by atoms with Gasteiger partial charge in [0.05, 0.1) is 6.10 Å². The Morgan fingerprint density at radius 2 is 0.705 bits per heavy atom. The van der Waals surface area contributed by atoms with Crippen molar-refractivity contribution in [3.05, 3.63) is 0 Å². The molecule has 0 amide bonds. The van der Waals surface area contributed by atoms with Gasteiger partial charge in [-0.2, -0.15) is 0 Å². The van der Waals surface area contributed by atoms with Crippen molar-refractivity contribution in [1.82, 2.24) is 0 Å². The van der Waals surface area contributed by atoms with Crippen LogP contribution in [0.25, 0.3) is 0 Å². The number of hydrogen-bond acceptors (Lipinski definition) is 6. The second kappa shape index (κ2) is 41.4. The van der Waals surface area contributed by atoms with E-state index < -0.39 is 23.9 Å². The van der Waals surface area contributed by atoms with Crippen LogP contribution in [0.2, 0.25) is 0 Å². The van der Waals surface area contributed by atoms with Crippen LogP contribution < -0.4 is 24.0 Å². The van der Waals surface area contributed by atoms with Crippen LogP contribution in [0.15, 0.2) is 0 Å². The van der Waals surface area contributed by atoms with E-state index in [1.54, 1.807) is 0 Å². The first-order valence-corrected chi connectivity index (χ1v) is 17.1. The van der Waals surface area contributed by atoms with Crippen molar-refractivity contribution in [3.63, 3.8) is 0 Å². The number of aliphatic hydroxyl groups is 1. The molecular weight excluding hydrogens is 559 g/mol. The van der Waals surface area contributed by atoms with E-state index in [0.29, 0.717) is 6.42 Å². The molecular formula is C34H65LiO9. The zero-order valence-corrected chi connectivity index (χ0v) is 28.5. The van der Waals surface area contributed by atoms with Gasteiger partial charge < -0.3 is 30.3 Å². The first kappa shape index (κ1) is 49.3. The Morgan fingerprint density at radius 1 is 0.455 bits per heavy atom. The van der Waals surface area contributed by atoms with E-state index in [0.717, 1.165) is 96.3 Å². The van der Waals surface area contributed by atoms with Gasteiger partial charge in [0, 0.05) is 25.2 Å². The quantitative estimate of drug-likeness (QED) is 0.0667. The predicted octanol–water partition coefficient (Wildman–Crippen LogP) is 4.90. The third kappa shape index (κ3) is 56.3. The average Bonchev–Trinajstić information content (AvgIpc) is 2.94. The second-order valence-electron chi connectivity index (χ2n) is 11.5. The van der Waals surface area contributed by atoms with E-state index in [1.807, 2.05) is 6.92 Å². The van der Waals surface area contributed by atoms with Gasteiger partial charge in [0.2, 0.25) is 0 Å². The summed E-state index contributed by atoms with van der Waals surface area (Å²) in [6, 6.07) is 0. The van der Waals surface area contributed by atoms with E-state index in [2.05, 4.69) is 6.92 Å². The van der Waals surface area contributed by atoms with Gasteiger partial charge in [-0.1, -0.05) is 123 Å². The Balaban J connectivity index is -0.000000299. The summed E-state index contributed by atoms with van der Waals surface area (Å²) in [5, 5.41) is 44.8. The SMILES string of the molecule is CCCCCC(=O)[O-].CCCCCCC(O)CCCCCCCCCCC(=O)O.O=C(O)CCCCCCCCC(=O)O.[Li+]. The molecule has 4 N–H and O–H groups in total. The zero-order valence-electron chi connectivity index (χ0n) is 28.5. The van der Waals surface area contributed by atoms with Crippen LogP contribution in [-0.4, -0.2) is 50.4 Å². The maximum atomic E-state index is 10.3. The van der Waals surface area contributed by atoms with Crippen LogP contribution in [-0.2, 0) is 19.2 Å². The number of hydrogen-bond donors (Lipinski definition) is 4. The zero-order chi connectivity index (χ0) is 33.0. The molecule has 0 bridgehead atoms. The Morgan fingerprint density at radius 3 is 1.00 bits per heavy atom. The average molecular weight is 625 g/mol. The smallest absolute Gasteiger partial charge is 0.550 e. The normalized spacial score (nSPS) is 10.8. The number of unbranched alkanes of at least 4 members (excludes halogenated alkanes) is 17. The van der Waals surface area contributed by atoms with E-state index in [1.165, 1.54) is 51.4 Å². The van der Waals surface area contributed by atoms with Crippen molar-refractivity contribution in [3.8, 4) is 0 Å². The number of carbonyl (C=O) groups excluding carboxylic acids is 1. The third-order valence-electron chi connectivity index (χ3n) is 7.08. The van der Waals surface area contributed by atoms with Crippen LogP contribution in [0.4, 0.5) is 0 Å². The molecule has 0 radical (unpaired) electrons. The standard InChI is InChI=1S/C18H36O3.C10H18O4.C6H12O2.Li/c1-2-3-4-11-14-17(19)15-12-9-7-5-6-8-10-13-16-18(20)21;11-9(12)7-5-3-1-2-4-6-8-10(13)14;1-2-3-4-5-6(7)8;/h17,19H,2-16H2,1H3,(H,20,21);1-8H2,(H,11,12)(H,13,14);2-5H2,1H3,(H,7,8);/q;;;+1/p-1. The topological polar surface area (TPSA) is 172 Å². The summed E-state index contributed by atoms with van der Waals surface area (Å²) in [4.78, 5) is 40.4. The summed E-state index contributed by atoms with van der Waals surface area (Å²) < 4.78 is 0. The predicted molar refractivity (Wildman–Crippen MR) is 170 cm³/mol. The maximum Gasteiger partial charge on any atom is 1.00 e. The fourth-order valence-electron chi connectivity index (χ4n) is 4.45. The number of aliphatic hydroxyl groups excluding tert-OH is 1. The minimum Gasteiger partial charge on any atom is -0.550 e. The number of carboxylic acid groups (broad SMARTS) is 4. The fourth-order valence-corrected chi connectivity index (χ4v) is 4.45. The second-order valence-corrected chi connectivity index (χ2v) is 11.5. The van der Waals surface area contributed by atoms with Crippen molar-refractivity contribution < 1.29 is 63.6 Å². The van der Waals surface area contributed by atoms with Gasteiger partial charge in [0.1, 0.15) is 0 Å². The maximum absolute atomic E-state index is 10.3. The molecule has 0 saturated heterocycles. The van der Waals surface area contributed by atoms with Gasteiger partial charge in [-0.25, -0.2) is 0 Å². The van der Waals surface area contributed by atoms with Crippen molar-refractivity contribution in [2.24, 2.45) is 0 Å². The van der Waals surface area contributed by atoms with Crippen LogP contribution >= 0.6 is 0 Å². The number of rotatable bonds is 29. The summed E-state index contributed by atoms with van der Waals surface area (Å²) in [7, 11) is 0.